The van der Waals surface area contributed by atoms with Crippen LogP contribution >= 0.6 is 0 Å². The van der Waals surface area contributed by atoms with Gasteiger partial charge in [-0.3, -0.25) is 4.79 Å². The van der Waals surface area contributed by atoms with Crippen molar-refractivity contribution >= 4 is 5.97 Å². The van der Waals surface area contributed by atoms with E-state index in [-0.39, 0.29) is 17.5 Å². The first-order chi connectivity index (χ1) is 17.6. The van der Waals surface area contributed by atoms with Gasteiger partial charge in [0.2, 0.25) is 0 Å². The van der Waals surface area contributed by atoms with Crippen molar-refractivity contribution < 1.29 is 9.53 Å². The van der Waals surface area contributed by atoms with Crippen molar-refractivity contribution in [2.75, 3.05) is 0 Å². The second-order valence-corrected chi connectivity index (χ2v) is 16.9. The first kappa shape index (κ1) is 28.7. The number of hydrogen-bond donors (Lipinski definition) is 0. The molecule has 0 aromatic carbocycles. The van der Waals surface area contributed by atoms with Crippen molar-refractivity contribution in [2.24, 2.45) is 68.5 Å². The quantitative estimate of drug-likeness (QED) is 0.245. The molecule has 2 nitrogen and oxygen atoms in total. The molecule has 38 heavy (non-hydrogen) atoms. The minimum absolute atomic E-state index is 0.0948. The molecule has 0 saturated heterocycles. The molecule has 0 aromatic rings. The van der Waals surface area contributed by atoms with E-state index in [9.17, 15) is 4.79 Å². The molecule has 0 amide bonds. The summed E-state index contributed by atoms with van der Waals surface area (Å²) < 4.78 is 5.93. The molecule has 5 aliphatic carbocycles. The fourth-order valence-electron chi connectivity index (χ4n) is 12.7. The summed E-state index contributed by atoms with van der Waals surface area (Å²) in [5.74, 6) is 5.21. The number of rotatable bonds is 7. The van der Waals surface area contributed by atoms with Crippen LogP contribution in [-0.2, 0) is 9.53 Å². The zero-order valence-corrected chi connectivity index (χ0v) is 26.7. The van der Waals surface area contributed by atoms with Crippen LogP contribution in [0, 0.1) is 68.5 Å². The second kappa shape index (κ2) is 9.11. The molecule has 11 unspecified atom stereocenters. The maximum atomic E-state index is 11.9. The molecule has 0 aromatic heterocycles. The first-order valence-corrected chi connectivity index (χ1v) is 16.4. The third kappa shape index (κ3) is 3.72. The fraction of sp³-hybridized carbons (Fsp3) is 0.917. The number of fused-ring (bicyclic) bond motifs is 2. The van der Waals surface area contributed by atoms with Crippen LogP contribution in [0.5, 0.6) is 0 Å². The monoisotopic (exact) mass is 524 g/mol. The van der Waals surface area contributed by atoms with Crippen LogP contribution in [0.4, 0.5) is 0 Å². The van der Waals surface area contributed by atoms with Crippen molar-refractivity contribution in [3.8, 4) is 0 Å². The molecule has 0 radical (unpaired) electrons. The third-order valence-electron chi connectivity index (χ3n) is 15.0. The summed E-state index contributed by atoms with van der Waals surface area (Å²) in [5.41, 5.74) is 3.48. The summed E-state index contributed by atoms with van der Waals surface area (Å²) in [6.45, 7) is 28.4. The lowest BCUT2D eigenvalue weighted by Gasteiger charge is -2.63. The smallest absolute Gasteiger partial charge is 0.302 e. The number of carbonyl (C=O) groups is 1. The summed E-state index contributed by atoms with van der Waals surface area (Å²) in [4.78, 5) is 11.9. The molecule has 0 bridgehead atoms. The number of esters is 1. The Labute approximate surface area is 235 Å². The van der Waals surface area contributed by atoms with Gasteiger partial charge in [0.05, 0.1) is 0 Å². The van der Waals surface area contributed by atoms with E-state index in [0.29, 0.717) is 39.4 Å². The van der Waals surface area contributed by atoms with Crippen LogP contribution in [0.2, 0.25) is 0 Å². The Morgan fingerprint density at radius 2 is 1.47 bits per heavy atom. The van der Waals surface area contributed by atoms with E-state index in [1.54, 1.807) is 6.92 Å². The van der Waals surface area contributed by atoms with Gasteiger partial charge in [-0.1, -0.05) is 67.5 Å². The zero-order valence-electron chi connectivity index (χ0n) is 26.7. The highest BCUT2D eigenvalue weighted by atomic mass is 16.5. The predicted molar refractivity (Wildman–Crippen MR) is 159 cm³/mol. The molecule has 11 atom stereocenters. The Bertz CT molecular complexity index is 962. The predicted octanol–water partition coefficient (Wildman–Crippen LogP) is 9.87. The topological polar surface area (TPSA) is 26.3 Å². The van der Waals surface area contributed by atoms with E-state index < -0.39 is 0 Å². The van der Waals surface area contributed by atoms with E-state index in [2.05, 4.69) is 68.9 Å². The number of ether oxygens (including phenoxy) is 1. The van der Waals surface area contributed by atoms with E-state index in [1.807, 2.05) is 0 Å². The van der Waals surface area contributed by atoms with Crippen LogP contribution in [0.3, 0.4) is 0 Å². The highest BCUT2D eigenvalue weighted by Crippen LogP contribution is 2.89. The summed E-state index contributed by atoms with van der Waals surface area (Å²) in [5, 5.41) is 0. The second-order valence-electron chi connectivity index (χ2n) is 16.9. The van der Waals surface area contributed by atoms with Gasteiger partial charge >= 0.3 is 5.97 Å². The normalized spacial score (nSPS) is 47.1. The Morgan fingerprint density at radius 3 is 2.08 bits per heavy atom. The Kier molecular flexibility index (Phi) is 6.88. The summed E-state index contributed by atoms with van der Waals surface area (Å²) in [6.07, 6.45) is 13.8. The Balaban J connectivity index is 1.38. The molecule has 5 fully saturated rings. The van der Waals surface area contributed by atoms with Gasteiger partial charge in [-0.25, -0.2) is 0 Å². The van der Waals surface area contributed by atoms with Gasteiger partial charge in [-0.2, -0.15) is 0 Å². The van der Waals surface area contributed by atoms with E-state index >= 15 is 0 Å². The largest absolute Gasteiger partial charge is 0.462 e. The summed E-state index contributed by atoms with van der Waals surface area (Å²) in [6, 6.07) is 0. The average molecular weight is 525 g/mol. The van der Waals surface area contributed by atoms with Gasteiger partial charge in [0.1, 0.15) is 6.10 Å². The summed E-state index contributed by atoms with van der Waals surface area (Å²) >= 11 is 0. The Hall–Kier alpha value is -0.790. The zero-order chi connectivity index (χ0) is 28.1. The molecule has 0 aliphatic heterocycles. The van der Waals surface area contributed by atoms with Crippen molar-refractivity contribution in [1.29, 1.82) is 0 Å². The van der Waals surface area contributed by atoms with Gasteiger partial charge in [0, 0.05) is 12.3 Å². The van der Waals surface area contributed by atoms with Crippen LogP contribution in [-0.4, -0.2) is 12.1 Å². The van der Waals surface area contributed by atoms with Gasteiger partial charge < -0.3 is 4.74 Å². The molecular weight excluding hydrogens is 464 g/mol. The minimum atomic E-state index is -0.0948. The standard InChI is InChI=1S/C36H60O2/c1-22(2)25(6)27(23(3)4)20-24(5)28-14-16-34(11)30-13-12-29-32(8,9)31(38-26(7)37)15-17-35(29)21-36(30,35)19-18-33(28,34)10/h23-25,27-31H,1,12-21H2,2-11H3. The van der Waals surface area contributed by atoms with E-state index in [4.69, 9.17) is 4.74 Å². The lowest BCUT2D eigenvalue weighted by atomic mass is 9.41. The van der Waals surface area contributed by atoms with Crippen molar-refractivity contribution in [2.45, 2.75) is 140 Å². The first-order valence-electron chi connectivity index (χ1n) is 16.4. The maximum absolute atomic E-state index is 11.9. The molecular formula is C36H60O2. The van der Waals surface area contributed by atoms with Crippen LogP contribution in [0.25, 0.3) is 0 Å². The molecule has 216 valence electrons. The van der Waals surface area contributed by atoms with Crippen LogP contribution in [0.15, 0.2) is 12.2 Å². The Morgan fingerprint density at radius 1 is 0.842 bits per heavy atom. The number of hydrogen-bond acceptors (Lipinski definition) is 2. The van der Waals surface area contributed by atoms with Gasteiger partial charge in [-0.15, -0.1) is 0 Å². The SMILES string of the molecule is C=C(C)C(C)C(CC(C)C1CCC2(C)C3CCC4C(C)(C)C(OC(C)=O)CCC45CC35CCC12C)C(C)C. The molecule has 0 heterocycles. The molecule has 5 aliphatic rings. The molecule has 0 N–H and O–H groups in total. The number of carbonyl (C=O) groups excluding carboxylic acids is 1. The molecule has 2 spiro atoms. The van der Waals surface area contributed by atoms with Crippen molar-refractivity contribution in [1.82, 2.24) is 0 Å². The molecule has 5 saturated carbocycles. The van der Waals surface area contributed by atoms with Crippen LogP contribution in [0.1, 0.15) is 133 Å². The fourth-order valence-corrected chi connectivity index (χ4v) is 12.7. The molecule has 2 heteroatoms. The van der Waals surface area contributed by atoms with Crippen LogP contribution < -0.4 is 0 Å². The van der Waals surface area contributed by atoms with Gasteiger partial charge in [-0.05, 0) is 134 Å². The van der Waals surface area contributed by atoms with Gasteiger partial charge in [0.25, 0.3) is 0 Å². The van der Waals surface area contributed by atoms with E-state index in [1.165, 1.54) is 63.4 Å². The number of allylic oxidation sites excluding steroid dienone is 1. The third-order valence-corrected chi connectivity index (χ3v) is 15.0. The van der Waals surface area contributed by atoms with Gasteiger partial charge in [0.15, 0.2) is 0 Å². The molecule has 5 rings (SSSR count). The van der Waals surface area contributed by atoms with Crippen molar-refractivity contribution in [3.63, 3.8) is 0 Å². The average Bonchev–Trinajstić information content (AvgIpc) is 3.40. The lowest BCUT2D eigenvalue weighted by Crippen LogP contribution is -2.58. The summed E-state index contributed by atoms with van der Waals surface area (Å²) in [7, 11) is 0. The van der Waals surface area contributed by atoms with E-state index in [0.717, 1.165) is 30.1 Å². The highest BCUT2D eigenvalue weighted by Gasteiger charge is 2.82. The lowest BCUT2D eigenvalue weighted by molar-refractivity contribution is -0.181. The highest BCUT2D eigenvalue weighted by molar-refractivity contribution is 5.66. The maximum Gasteiger partial charge on any atom is 0.302 e. The minimum Gasteiger partial charge on any atom is -0.462 e. The van der Waals surface area contributed by atoms with Crippen molar-refractivity contribution in [3.05, 3.63) is 12.2 Å².